The zero-order chi connectivity index (χ0) is 19.5. The number of aromatic nitrogens is 2. The van der Waals surface area contributed by atoms with E-state index in [-0.39, 0.29) is 24.2 Å². The first-order valence-corrected chi connectivity index (χ1v) is 9.16. The molecule has 28 heavy (non-hydrogen) atoms. The van der Waals surface area contributed by atoms with Crippen LogP contribution in [-0.4, -0.2) is 34.6 Å². The molecule has 0 radical (unpaired) electrons. The second-order valence-corrected chi connectivity index (χ2v) is 6.74. The summed E-state index contributed by atoms with van der Waals surface area (Å²) in [5.41, 5.74) is 1.46. The van der Waals surface area contributed by atoms with Crippen LogP contribution in [-0.2, 0) is 11.2 Å². The van der Waals surface area contributed by atoms with Crippen LogP contribution in [0.25, 0.3) is 11.4 Å². The van der Waals surface area contributed by atoms with Gasteiger partial charge in [0.15, 0.2) is 0 Å². The van der Waals surface area contributed by atoms with E-state index < -0.39 is 0 Å². The molecule has 1 amide bonds. The Morgan fingerprint density at radius 1 is 1.29 bits per heavy atom. The minimum absolute atomic E-state index is 0.0719. The number of likely N-dealkylation sites (tertiary alicyclic amines) is 1. The molecule has 1 unspecified atom stereocenters. The number of carbonyl (C=O) groups is 1. The Hall–Kier alpha value is -3.22. The molecule has 1 saturated heterocycles. The van der Waals surface area contributed by atoms with E-state index in [1.807, 2.05) is 24.3 Å². The topological polar surface area (TPSA) is 68.5 Å². The molecule has 0 saturated carbocycles. The third-order valence-electron chi connectivity index (χ3n) is 4.89. The van der Waals surface area contributed by atoms with E-state index in [2.05, 4.69) is 10.1 Å². The Morgan fingerprint density at radius 2 is 2.11 bits per heavy atom. The summed E-state index contributed by atoms with van der Waals surface area (Å²) in [5.74, 6) is 1.23. The molecule has 1 fully saturated rings. The van der Waals surface area contributed by atoms with Gasteiger partial charge in [0.25, 0.3) is 0 Å². The number of nitrogens with zero attached hydrogens (tertiary/aromatic N) is 3. The molecule has 1 aliphatic rings. The number of rotatable bonds is 5. The van der Waals surface area contributed by atoms with Gasteiger partial charge in [-0.2, -0.15) is 4.98 Å². The highest BCUT2D eigenvalue weighted by Crippen LogP contribution is 2.32. The fourth-order valence-corrected chi connectivity index (χ4v) is 3.47. The van der Waals surface area contributed by atoms with Gasteiger partial charge in [0.2, 0.25) is 17.6 Å². The molecule has 1 aromatic heterocycles. The van der Waals surface area contributed by atoms with Crippen molar-refractivity contribution < 1.29 is 18.4 Å². The van der Waals surface area contributed by atoms with Crippen molar-refractivity contribution >= 4 is 5.91 Å². The third kappa shape index (κ3) is 3.74. The summed E-state index contributed by atoms with van der Waals surface area (Å²) in [6.07, 6.45) is 1.77. The van der Waals surface area contributed by atoms with Crippen LogP contribution in [0.3, 0.4) is 0 Å². The minimum Gasteiger partial charge on any atom is -0.497 e. The normalized spacial score (nSPS) is 16.4. The molecule has 7 heteroatoms. The first kappa shape index (κ1) is 18.2. The molecule has 0 spiro atoms. The maximum Gasteiger partial charge on any atom is 0.249 e. The molecular weight excluding hydrogens is 361 g/mol. The van der Waals surface area contributed by atoms with Crippen LogP contribution in [0.1, 0.15) is 30.3 Å². The number of carbonyl (C=O) groups excluding carboxylic acids is 1. The fourth-order valence-electron chi connectivity index (χ4n) is 3.47. The van der Waals surface area contributed by atoms with Gasteiger partial charge in [-0.15, -0.1) is 0 Å². The predicted molar refractivity (Wildman–Crippen MR) is 100 cm³/mol. The zero-order valence-corrected chi connectivity index (χ0v) is 15.5. The lowest BCUT2D eigenvalue weighted by molar-refractivity contribution is -0.131. The van der Waals surface area contributed by atoms with Crippen LogP contribution in [0.2, 0.25) is 0 Å². The quantitative estimate of drug-likeness (QED) is 0.673. The Bertz CT molecular complexity index is 971. The summed E-state index contributed by atoms with van der Waals surface area (Å²) < 4.78 is 24.0. The van der Waals surface area contributed by atoms with Gasteiger partial charge in [-0.1, -0.05) is 17.3 Å². The van der Waals surface area contributed by atoms with Crippen LogP contribution in [0.15, 0.2) is 53.1 Å². The highest BCUT2D eigenvalue weighted by Gasteiger charge is 2.34. The molecule has 1 aliphatic heterocycles. The molecule has 2 heterocycles. The average Bonchev–Trinajstić information content (AvgIpc) is 3.37. The molecule has 2 aromatic carbocycles. The molecular formula is C21H20FN3O3. The number of ether oxygens (including phenoxy) is 1. The summed E-state index contributed by atoms with van der Waals surface area (Å²) in [6, 6.07) is 13.2. The summed E-state index contributed by atoms with van der Waals surface area (Å²) in [4.78, 5) is 19.0. The van der Waals surface area contributed by atoms with Crippen molar-refractivity contribution in [2.75, 3.05) is 13.7 Å². The Kier molecular flexibility index (Phi) is 5.06. The lowest BCUT2D eigenvalue weighted by Crippen LogP contribution is -2.32. The van der Waals surface area contributed by atoms with Crippen molar-refractivity contribution in [2.45, 2.75) is 25.3 Å². The molecule has 0 bridgehead atoms. The van der Waals surface area contributed by atoms with E-state index in [0.717, 1.165) is 24.2 Å². The Morgan fingerprint density at radius 3 is 2.86 bits per heavy atom. The SMILES string of the molecule is COc1ccc(-c2noc(C3CCCN3C(=O)Cc3cccc(F)c3)n2)cc1. The van der Waals surface area contributed by atoms with Crippen molar-refractivity contribution in [3.63, 3.8) is 0 Å². The van der Waals surface area contributed by atoms with Gasteiger partial charge in [0.05, 0.1) is 13.5 Å². The molecule has 4 rings (SSSR count). The largest absolute Gasteiger partial charge is 0.497 e. The van der Waals surface area contributed by atoms with E-state index in [0.29, 0.717) is 23.8 Å². The van der Waals surface area contributed by atoms with Crippen molar-refractivity contribution in [2.24, 2.45) is 0 Å². The highest BCUT2D eigenvalue weighted by molar-refractivity contribution is 5.79. The summed E-state index contributed by atoms with van der Waals surface area (Å²) >= 11 is 0. The lowest BCUT2D eigenvalue weighted by atomic mass is 10.1. The summed E-state index contributed by atoms with van der Waals surface area (Å²) in [6.45, 7) is 0.624. The minimum atomic E-state index is -0.343. The van der Waals surface area contributed by atoms with Gasteiger partial charge in [-0.25, -0.2) is 4.39 Å². The van der Waals surface area contributed by atoms with Crippen molar-refractivity contribution in [3.05, 3.63) is 65.8 Å². The van der Waals surface area contributed by atoms with Crippen LogP contribution >= 0.6 is 0 Å². The summed E-state index contributed by atoms with van der Waals surface area (Å²) in [5, 5.41) is 4.06. The van der Waals surface area contributed by atoms with Gasteiger partial charge >= 0.3 is 0 Å². The van der Waals surface area contributed by atoms with E-state index in [1.165, 1.54) is 12.1 Å². The second kappa shape index (κ2) is 7.80. The van der Waals surface area contributed by atoms with E-state index in [1.54, 1.807) is 24.1 Å². The second-order valence-electron chi connectivity index (χ2n) is 6.74. The number of methoxy groups -OCH3 is 1. The van der Waals surface area contributed by atoms with Crippen LogP contribution in [0.4, 0.5) is 4.39 Å². The van der Waals surface area contributed by atoms with Gasteiger partial charge in [0, 0.05) is 12.1 Å². The molecule has 0 N–H and O–H groups in total. The highest BCUT2D eigenvalue weighted by atomic mass is 19.1. The van der Waals surface area contributed by atoms with Crippen molar-refractivity contribution in [3.8, 4) is 17.1 Å². The predicted octanol–water partition coefficient (Wildman–Crippen LogP) is 3.79. The number of halogens is 1. The van der Waals surface area contributed by atoms with Gasteiger partial charge in [-0.3, -0.25) is 4.79 Å². The average molecular weight is 381 g/mol. The van der Waals surface area contributed by atoms with Gasteiger partial charge in [-0.05, 0) is 54.8 Å². The van der Waals surface area contributed by atoms with Crippen LogP contribution < -0.4 is 4.74 Å². The monoisotopic (exact) mass is 381 g/mol. The Balaban J connectivity index is 1.50. The molecule has 0 aliphatic carbocycles. The van der Waals surface area contributed by atoms with E-state index in [4.69, 9.17) is 9.26 Å². The van der Waals surface area contributed by atoms with Gasteiger partial charge in [0.1, 0.15) is 17.6 Å². The van der Waals surface area contributed by atoms with E-state index >= 15 is 0 Å². The van der Waals surface area contributed by atoms with E-state index in [9.17, 15) is 9.18 Å². The first-order chi connectivity index (χ1) is 13.6. The third-order valence-corrected chi connectivity index (χ3v) is 4.89. The molecule has 144 valence electrons. The molecule has 6 nitrogen and oxygen atoms in total. The lowest BCUT2D eigenvalue weighted by Gasteiger charge is -2.21. The van der Waals surface area contributed by atoms with Crippen molar-refractivity contribution in [1.82, 2.24) is 15.0 Å². The smallest absolute Gasteiger partial charge is 0.249 e. The summed E-state index contributed by atoms with van der Waals surface area (Å²) in [7, 11) is 1.61. The maximum absolute atomic E-state index is 13.4. The maximum atomic E-state index is 13.4. The number of benzene rings is 2. The number of hydrogen-bond donors (Lipinski definition) is 0. The Labute approximate surface area is 161 Å². The fraction of sp³-hybridized carbons (Fsp3) is 0.286. The molecule has 3 aromatic rings. The zero-order valence-electron chi connectivity index (χ0n) is 15.5. The number of amides is 1. The molecule has 1 atom stereocenters. The van der Waals surface area contributed by atoms with Gasteiger partial charge < -0.3 is 14.2 Å². The number of hydrogen-bond acceptors (Lipinski definition) is 5. The van der Waals surface area contributed by atoms with Crippen molar-refractivity contribution in [1.29, 1.82) is 0 Å². The standard InChI is InChI=1S/C21H20FN3O3/c1-27-17-9-7-15(8-10-17)20-23-21(28-24-20)18-6-3-11-25(18)19(26)13-14-4-2-5-16(22)12-14/h2,4-5,7-10,12,18H,3,6,11,13H2,1H3. The van der Waals surface area contributed by atoms with Crippen LogP contribution in [0, 0.1) is 5.82 Å². The first-order valence-electron chi connectivity index (χ1n) is 9.16. The van der Waals surface area contributed by atoms with Crippen LogP contribution in [0.5, 0.6) is 5.75 Å².